The molecule has 3 aromatic rings. The highest BCUT2D eigenvalue weighted by molar-refractivity contribution is 6.22. The number of anilines is 1. The predicted molar refractivity (Wildman–Crippen MR) is 109 cm³/mol. The summed E-state index contributed by atoms with van der Waals surface area (Å²) in [7, 11) is 0. The topological polar surface area (TPSA) is 98.1 Å². The van der Waals surface area contributed by atoms with Crippen LogP contribution in [0.3, 0.4) is 0 Å². The van der Waals surface area contributed by atoms with Crippen LogP contribution in [0, 0.1) is 0 Å². The van der Waals surface area contributed by atoms with E-state index in [0.717, 1.165) is 11.3 Å². The van der Waals surface area contributed by atoms with Crippen molar-refractivity contribution in [2.75, 3.05) is 18.5 Å². The molecule has 0 fully saturated rings. The van der Waals surface area contributed by atoms with Crippen LogP contribution >= 0.6 is 0 Å². The fourth-order valence-electron chi connectivity index (χ4n) is 3.58. The Labute approximate surface area is 177 Å². The number of hydrogen-bond acceptors (Lipinski definition) is 6. The van der Waals surface area contributed by atoms with Crippen molar-refractivity contribution in [3.8, 4) is 11.5 Å². The Kier molecular flexibility index (Phi) is 4.66. The van der Waals surface area contributed by atoms with E-state index in [2.05, 4.69) is 5.32 Å². The van der Waals surface area contributed by atoms with Crippen LogP contribution in [0.25, 0.3) is 0 Å². The number of nitrogens with zero attached hydrogens (tertiary/aromatic N) is 1. The van der Waals surface area contributed by atoms with E-state index in [-0.39, 0.29) is 23.2 Å². The van der Waals surface area contributed by atoms with Gasteiger partial charge in [0.15, 0.2) is 11.5 Å². The molecular formula is C23H18N2O6. The molecule has 0 spiro atoms. The van der Waals surface area contributed by atoms with E-state index in [1.807, 2.05) is 0 Å². The summed E-state index contributed by atoms with van der Waals surface area (Å²) in [5, 5.41) is 2.79. The Hall–Kier alpha value is -4.07. The number of nitrogens with one attached hydrogen (secondary N) is 1. The van der Waals surface area contributed by atoms with Crippen LogP contribution in [0.15, 0.2) is 59.2 Å². The number of carbonyl (C=O) groups excluding carboxylic acids is 3. The van der Waals surface area contributed by atoms with Crippen molar-refractivity contribution in [1.29, 1.82) is 0 Å². The summed E-state index contributed by atoms with van der Waals surface area (Å²) in [6.45, 7) is 1.16. The Morgan fingerprint density at radius 2 is 1.74 bits per heavy atom. The minimum Gasteiger partial charge on any atom is -0.490 e. The molecule has 1 aromatic heterocycles. The van der Waals surface area contributed by atoms with E-state index in [9.17, 15) is 14.4 Å². The van der Waals surface area contributed by atoms with E-state index in [0.29, 0.717) is 36.2 Å². The lowest BCUT2D eigenvalue weighted by Gasteiger charge is -2.11. The van der Waals surface area contributed by atoms with E-state index in [1.54, 1.807) is 30.3 Å². The van der Waals surface area contributed by atoms with Gasteiger partial charge in [-0.25, -0.2) is 0 Å². The van der Waals surface area contributed by atoms with Gasteiger partial charge in [0.1, 0.15) is 5.76 Å². The first-order valence-electron chi connectivity index (χ1n) is 9.84. The van der Waals surface area contributed by atoms with Crippen molar-refractivity contribution in [2.45, 2.75) is 13.0 Å². The molecule has 8 nitrogen and oxygen atoms in total. The fraction of sp³-hybridized carbons (Fsp3) is 0.174. The van der Waals surface area contributed by atoms with Crippen LogP contribution < -0.4 is 14.8 Å². The highest BCUT2D eigenvalue weighted by atomic mass is 16.5. The molecular weight excluding hydrogens is 400 g/mol. The third-order valence-corrected chi connectivity index (χ3v) is 5.13. The predicted octanol–water partition coefficient (Wildman–Crippen LogP) is 3.49. The molecule has 3 heterocycles. The third kappa shape index (κ3) is 3.52. The van der Waals surface area contributed by atoms with Crippen molar-refractivity contribution in [2.24, 2.45) is 0 Å². The van der Waals surface area contributed by atoms with Gasteiger partial charge in [-0.2, -0.15) is 0 Å². The standard InChI is InChI=1S/C23H18N2O6/c26-21(24-15-5-7-19-20(12-15)31-10-2-9-30-19)14-4-6-17-18(11-14)23(28)25(22(17)27)13-16-3-1-8-29-16/h1,3-8,11-12H,2,9-10,13H2,(H,24,26). The van der Waals surface area contributed by atoms with Gasteiger partial charge in [0, 0.05) is 23.7 Å². The highest BCUT2D eigenvalue weighted by Gasteiger charge is 2.36. The van der Waals surface area contributed by atoms with Gasteiger partial charge in [-0.15, -0.1) is 0 Å². The minimum atomic E-state index is -0.457. The van der Waals surface area contributed by atoms with Gasteiger partial charge in [0.05, 0.1) is 37.1 Å². The smallest absolute Gasteiger partial charge is 0.261 e. The van der Waals surface area contributed by atoms with Gasteiger partial charge in [-0.3, -0.25) is 19.3 Å². The molecule has 3 amide bonds. The van der Waals surface area contributed by atoms with Gasteiger partial charge < -0.3 is 19.2 Å². The Morgan fingerprint density at radius 1 is 0.935 bits per heavy atom. The first-order valence-corrected chi connectivity index (χ1v) is 9.84. The molecule has 0 radical (unpaired) electrons. The van der Waals surface area contributed by atoms with Crippen LogP contribution in [-0.4, -0.2) is 35.8 Å². The second-order valence-corrected chi connectivity index (χ2v) is 7.20. The Bertz CT molecular complexity index is 1180. The maximum Gasteiger partial charge on any atom is 0.261 e. The van der Waals surface area contributed by atoms with Gasteiger partial charge in [-0.1, -0.05) is 0 Å². The number of carbonyl (C=O) groups is 3. The lowest BCUT2D eigenvalue weighted by Crippen LogP contribution is -2.28. The monoisotopic (exact) mass is 418 g/mol. The van der Waals surface area contributed by atoms with Crippen molar-refractivity contribution in [3.05, 3.63) is 77.2 Å². The van der Waals surface area contributed by atoms with E-state index >= 15 is 0 Å². The average Bonchev–Trinajstić information content (AvgIpc) is 3.28. The van der Waals surface area contributed by atoms with Crippen LogP contribution in [0.2, 0.25) is 0 Å². The van der Waals surface area contributed by atoms with Crippen molar-refractivity contribution in [1.82, 2.24) is 4.90 Å². The zero-order valence-corrected chi connectivity index (χ0v) is 16.4. The zero-order valence-electron chi connectivity index (χ0n) is 16.4. The van der Waals surface area contributed by atoms with E-state index in [1.165, 1.54) is 24.5 Å². The number of furan rings is 1. The van der Waals surface area contributed by atoms with Gasteiger partial charge >= 0.3 is 0 Å². The summed E-state index contributed by atoms with van der Waals surface area (Å²) >= 11 is 0. The normalized spacial score (nSPS) is 14.9. The number of amides is 3. The van der Waals surface area contributed by atoms with Crippen molar-refractivity contribution < 1.29 is 28.3 Å². The molecule has 5 rings (SSSR count). The van der Waals surface area contributed by atoms with Crippen LogP contribution in [-0.2, 0) is 6.54 Å². The second-order valence-electron chi connectivity index (χ2n) is 7.20. The molecule has 0 atom stereocenters. The highest BCUT2D eigenvalue weighted by Crippen LogP contribution is 2.32. The summed E-state index contributed by atoms with van der Waals surface area (Å²) in [5.41, 5.74) is 1.27. The van der Waals surface area contributed by atoms with E-state index < -0.39 is 17.7 Å². The molecule has 8 heteroatoms. The SMILES string of the molecule is O=C(Nc1ccc2c(c1)OCCCO2)c1ccc2c(c1)C(=O)N(Cc1ccco1)C2=O. The molecule has 0 saturated heterocycles. The number of ether oxygens (including phenoxy) is 2. The molecule has 0 aliphatic carbocycles. The maximum absolute atomic E-state index is 12.8. The molecule has 0 saturated carbocycles. The Morgan fingerprint density at radius 3 is 2.55 bits per heavy atom. The Balaban J connectivity index is 1.35. The number of hydrogen-bond donors (Lipinski definition) is 1. The molecule has 2 aromatic carbocycles. The molecule has 0 unspecified atom stereocenters. The quantitative estimate of drug-likeness (QED) is 0.652. The summed E-state index contributed by atoms with van der Waals surface area (Å²) in [6, 6.07) is 13.0. The lowest BCUT2D eigenvalue weighted by molar-refractivity contribution is 0.0631. The van der Waals surface area contributed by atoms with Crippen molar-refractivity contribution in [3.63, 3.8) is 0 Å². The summed E-state index contributed by atoms with van der Waals surface area (Å²) in [6.07, 6.45) is 2.27. The van der Waals surface area contributed by atoms with E-state index in [4.69, 9.17) is 13.9 Å². The molecule has 1 N–H and O–H groups in total. The maximum atomic E-state index is 12.8. The number of fused-ring (bicyclic) bond motifs is 2. The van der Waals surface area contributed by atoms with Gasteiger partial charge in [-0.05, 0) is 42.5 Å². The van der Waals surface area contributed by atoms with Crippen molar-refractivity contribution >= 4 is 23.4 Å². The molecule has 0 bridgehead atoms. The first kappa shape index (κ1) is 18.9. The first-order chi connectivity index (χ1) is 15.1. The summed E-state index contributed by atoms with van der Waals surface area (Å²) in [4.78, 5) is 39.2. The molecule has 156 valence electrons. The molecule has 2 aliphatic rings. The third-order valence-electron chi connectivity index (χ3n) is 5.13. The lowest BCUT2D eigenvalue weighted by atomic mass is 10.1. The van der Waals surface area contributed by atoms with Gasteiger partial charge in [0.2, 0.25) is 0 Å². The summed E-state index contributed by atoms with van der Waals surface area (Å²) in [5.74, 6) is 0.434. The number of imide groups is 1. The number of rotatable bonds is 4. The van der Waals surface area contributed by atoms with Crippen LogP contribution in [0.4, 0.5) is 5.69 Å². The average molecular weight is 418 g/mol. The van der Waals surface area contributed by atoms with Crippen LogP contribution in [0.1, 0.15) is 43.3 Å². The second kappa shape index (κ2) is 7.64. The van der Waals surface area contributed by atoms with Crippen LogP contribution in [0.5, 0.6) is 11.5 Å². The molecule has 2 aliphatic heterocycles. The zero-order chi connectivity index (χ0) is 21.4. The summed E-state index contributed by atoms with van der Waals surface area (Å²) < 4.78 is 16.5. The molecule has 31 heavy (non-hydrogen) atoms. The minimum absolute atomic E-state index is 0.0398. The number of benzene rings is 2. The largest absolute Gasteiger partial charge is 0.490 e. The fourth-order valence-corrected chi connectivity index (χ4v) is 3.58. The van der Waals surface area contributed by atoms with Gasteiger partial charge in [0.25, 0.3) is 17.7 Å².